The van der Waals surface area contributed by atoms with Crippen molar-refractivity contribution in [2.24, 2.45) is 0 Å². The van der Waals surface area contributed by atoms with Gasteiger partial charge < -0.3 is 5.11 Å². The van der Waals surface area contributed by atoms with Gasteiger partial charge in [-0.1, -0.05) is 48.8 Å². The zero-order valence-corrected chi connectivity index (χ0v) is 14.1. The van der Waals surface area contributed by atoms with Crippen LogP contribution in [0.2, 0.25) is 0 Å². The highest BCUT2D eigenvalue weighted by molar-refractivity contribution is 9.10. The Morgan fingerprint density at radius 3 is 2.42 bits per heavy atom. The van der Waals surface area contributed by atoms with E-state index >= 15 is 0 Å². The molecular weight excluding hydrogens is 320 g/mol. The van der Waals surface area contributed by atoms with Crippen molar-refractivity contribution in [1.82, 2.24) is 0 Å². The van der Waals surface area contributed by atoms with E-state index in [4.69, 9.17) is 0 Å². The van der Waals surface area contributed by atoms with E-state index in [1.54, 1.807) is 11.3 Å². The summed E-state index contributed by atoms with van der Waals surface area (Å²) in [5.74, 6) is 0. The Balaban J connectivity index is 2.37. The molecule has 0 radical (unpaired) electrons. The van der Waals surface area contributed by atoms with E-state index in [2.05, 4.69) is 42.8 Å². The van der Waals surface area contributed by atoms with Crippen molar-refractivity contribution in [2.45, 2.75) is 39.2 Å². The lowest BCUT2D eigenvalue weighted by molar-refractivity contribution is 0.223. The molecule has 0 saturated carbocycles. The molecule has 0 spiro atoms. The SMILES string of the molecule is Cc1c(Br)cccc1C(O)c1ccc(C(C)(C)C)s1. The zero-order valence-electron chi connectivity index (χ0n) is 11.7. The molecule has 0 aliphatic heterocycles. The smallest absolute Gasteiger partial charge is 0.113 e. The third-order valence-corrected chi connectivity index (χ3v) is 5.66. The summed E-state index contributed by atoms with van der Waals surface area (Å²) >= 11 is 5.21. The van der Waals surface area contributed by atoms with Crippen molar-refractivity contribution in [3.05, 3.63) is 55.7 Å². The topological polar surface area (TPSA) is 20.2 Å². The Labute approximate surface area is 127 Å². The summed E-state index contributed by atoms with van der Waals surface area (Å²) in [5.41, 5.74) is 2.20. The molecule has 1 unspecified atom stereocenters. The van der Waals surface area contributed by atoms with Gasteiger partial charge in [-0.2, -0.15) is 0 Å². The summed E-state index contributed by atoms with van der Waals surface area (Å²) in [7, 11) is 0. The summed E-state index contributed by atoms with van der Waals surface area (Å²) in [6.07, 6.45) is -0.543. The Hall–Kier alpha value is -0.640. The molecule has 2 aromatic rings. The Morgan fingerprint density at radius 1 is 1.16 bits per heavy atom. The van der Waals surface area contributed by atoms with E-state index in [-0.39, 0.29) is 5.41 Å². The molecule has 1 heterocycles. The highest BCUT2D eigenvalue weighted by atomic mass is 79.9. The first kappa shape index (κ1) is 14.8. The van der Waals surface area contributed by atoms with Crippen LogP contribution in [0.1, 0.15) is 47.8 Å². The van der Waals surface area contributed by atoms with Crippen molar-refractivity contribution >= 4 is 27.3 Å². The molecule has 0 amide bonds. The Bertz CT molecular complexity index is 581. The van der Waals surface area contributed by atoms with Gasteiger partial charge in [0.2, 0.25) is 0 Å². The van der Waals surface area contributed by atoms with Crippen LogP contribution in [0.5, 0.6) is 0 Å². The van der Waals surface area contributed by atoms with Gasteiger partial charge in [0, 0.05) is 14.2 Å². The molecule has 0 aliphatic carbocycles. The van der Waals surface area contributed by atoms with Gasteiger partial charge in [0.25, 0.3) is 0 Å². The predicted molar refractivity (Wildman–Crippen MR) is 86.0 cm³/mol. The first-order chi connectivity index (χ1) is 8.80. The standard InChI is InChI=1S/C16H19BrOS/c1-10-11(6-5-7-12(10)17)15(18)13-8-9-14(19-13)16(2,3)4/h5-9,15,18H,1-4H3. The third-order valence-electron chi connectivity index (χ3n) is 3.24. The highest BCUT2D eigenvalue weighted by Gasteiger charge is 2.20. The van der Waals surface area contributed by atoms with Crippen LogP contribution in [0.4, 0.5) is 0 Å². The normalized spacial score (nSPS) is 13.6. The highest BCUT2D eigenvalue weighted by Crippen LogP contribution is 2.36. The second-order valence-electron chi connectivity index (χ2n) is 5.81. The molecule has 0 aliphatic rings. The van der Waals surface area contributed by atoms with E-state index in [0.29, 0.717) is 0 Å². The molecule has 1 N–H and O–H groups in total. The van der Waals surface area contributed by atoms with Crippen molar-refractivity contribution in [2.75, 3.05) is 0 Å². The van der Waals surface area contributed by atoms with Crippen LogP contribution in [0.15, 0.2) is 34.8 Å². The number of benzene rings is 1. The molecule has 3 heteroatoms. The quantitative estimate of drug-likeness (QED) is 0.797. The average Bonchev–Trinajstić information content (AvgIpc) is 2.81. The van der Waals surface area contributed by atoms with Crippen LogP contribution in [-0.4, -0.2) is 5.11 Å². The van der Waals surface area contributed by atoms with E-state index in [0.717, 1.165) is 20.5 Å². The average molecular weight is 339 g/mol. The minimum absolute atomic E-state index is 0.134. The number of hydrogen-bond donors (Lipinski definition) is 1. The molecule has 2 rings (SSSR count). The van der Waals surface area contributed by atoms with Crippen LogP contribution >= 0.6 is 27.3 Å². The number of rotatable bonds is 2. The second-order valence-corrected chi connectivity index (χ2v) is 7.78. The van der Waals surface area contributed by atoms with Gasteiger partial charge in [-0.05, 0) is 41.7 Å². The van der Waals surface area contributed by atoms with Crippen molar-refractivity contribution < 1.29 is 5.11 Å². The third kappa shape index (κ3) is 3.10. The van der Waals surface area contributed by atoms with Crippen LogP contribution < -0.4 is 0 Å². The fraction of sp³-hybridized carbons (Fsp3) is 0.375. The molecule has 0 saturated heterocycles. The Kier molecular flexibility index (Phi) is 4.19. The first-order valence-corrected chi connectivity index (χ1v) is 7.95. The minimum atomic E-state index is -0.543. The second kappa shape index (κ2) is 5.39. The van der Waals surface area contributed by atoms with Gasteiger partial charge in [0.1, 0.15) is 6.10 Å². The molecule has 102 valence electrons. The van der Waals surface area contributed by atoms with E-state index in [1.807, 2.05) is 31.2 Å². The van der Waals surface area contributed by atoms with E-state index < -0.39 is 6.10 Å². The van der Waals surface area contributed by atoms with Gasteiger partial charge >= 0.3 is 0 Å². The summed E-state index contributed by atoms with van der Waals surface area (Å²) < 4.78 is 1.04. The molecule has 1 nitrogen and oxygen atoms in total. The molecule has 1 aromatic carbocycles. The molecule has 0 bridgehead atoms. The monoisotopic (exact) mass is 338 g/mol. The van der Waals surface area contributed by atoms with Gasteiger partial charge in [-0.3, -0.25) is 0 Å². The minimum Gasteiger partial charge on any atom is -0.383 e. The maximum Gasteiger partial charge on any atom is 0.113 e. The van der Waals surface area contributed by atoms with Crippen LogP contribution in [0, 0.1) is 6.92 Å². The summed E-state index contributed by atoms with van der Waals surface area (Å²) in [6, 6.07) is 10.1. The fourth-order valence-electron chi connectivity index (χ4n) is 1.98. The first-order valence-electron chi connectivity index (χ1n) is 6.34. The number of thiophene rings is 1. The number of hydrogen-bond acceptors (Lipinski definition) is 2. The lowest BCUT2D eigenvalue weighted by Gasteiger charge is -2.16. The van der Waals surface area contributed by atoms with Gasteiger partial charge in [-0.15, -0.1) is 11.3 Å². The Morgan fingerprint density at radius 2 is 1.84 bits per heavy atom. The van der Waals surface area contributed by atoms with Gasteiger partial charge in [0.15, 0.2) is 0 Å². The van der Waals surface area contributed by atoms with Gasteiger partial charge in [-0.25, -0.2) is 0 Å². The largest absolute Gasteiger partial charge is 0.383 e. The van der Waals surface area contributed by atoms with E-state index in [9.17, 15) is 5.11 Å². The lowest BCUT2D eigenvalue weighted by atomic mass is 9.95. The van der Waals surface area contributed by atoms with Crippen molar-refractivity contribution in [3.8, 4) is 0 Å². The number of aliphatic hydroxyl groups excluding tert-OH is 1. The van der Waals surface area contributed by atoms with Crippen LogP contribution in [0.3, 0.4) is 0 Å². The van der Waals surface area contributed by atoms with Crippen LogP contribution in [0.25, 0.3) is 0 Å². The summed E-state index contributed by atoms with van der Waals surface area (Å²) in [6.45, 7) is 8.61. The van der Waals surface area contributed by atoms with Gasteiger partial charge in [0.05, 0.1) is 0 Å². The lowest BCUT2D eigenvalue weighted by Crippen LogP contribution is -2.07. The summed E-state index contributed by atoms with van der Waals surface area (Å²) in [4.78, 5) is 2.31. The molecular formula is C16H19BrOS. The predicted octanol–water partition coefficient (Wildman–Crippen LogP) is 5.20. The maximum atomic E-state index is 10.6. The fourth-order valence-corrected chi connectivity index (χ4v) is 3.43. The van der Waals surface area contributed by atoms with Crippen molar-refractivity contribution in [1.29, 1.82) is 0 Å². The maximum absolute atomic E-state index is 10.6. The molecule has 1 atom stereocenters. The van der Waals surface area contributed by atoms with E-state index in [1.165, 1.54) is 4.88 Å². The molecule has 1 aromatic heterocycles. The summed E-state index contributed by atoms with van der Waals surface area (Å²) in [5, 5.41) is 10.6. The number of halogens is 1. The zero-order chi connectivity index (χ0) is 14.2. The van der Waals surface area contributed by atoms with Crippen LogP contribution in [-0.2, 0) is 5.41 Å². The molecule has 0 fully saturated rings. The number of aliphatic hydroxyl groups is 1. The van der Waals surface area contributed by atoms with Crippen molar-refractivity contribution in [3.63, 3.8) is 0 Å². The molecule has 19 heavy (non-hydrogen) atoms.